The number of anilines is 2. The molecule has 0 amide bonds. The molecular formula is C15H20N6OS. The topological polar surface area (TPSA) is 76.1 Å². The molecule has 8 heteroatoms. The van der Waals surface area contributed by atoms with Crippen molar-refractivity contribution in [2.75, 3.05) is 29.9 Å². The Kier molecular flexibility index (Phi) is 3.86. The van der Waals surface area contributed by atoms with Crippen molar-refractivity contribution < 1.29 is 4.74 Å². The average molecular weight is 332 g/mol. The highest BCUT2D eigenvalue weighted by Crippen LogP contribution is 2.37. The molecule has 0 aliphatic carbocycles. The van der Waals surface area contributed by atoms with Gasteiger partial charge in [-0.05, 0) is 31.9 Å². The van der Waals surface area contributed by atoms with Gasteiger partial charge < -0.3 is 15.0 Å². The molecule has 1 spiro atoms. The van der Waals surface area contributed by atoms with Gasteiger partial charge in [0.1, 0.15) is 11.3 Å². The van der Waals surface area contributed by atoms with E-state index in [9.17, 15) is 0 Å². The fraction of sp³-hybridized carbons (Fsp3) is 0.600. The number of rotatable bonds is 3. The lowest BCUT2D eigenvalue weighted by atomic mass is 9.89. The molecule has 2 aromatic heterocycles. The van der Waals surface area contributed by atoms with Crippen molar-refractivity contribution in [2.45, 2.75) is 37.8 Å². The van der Waals surface area contributed by atoms with Gasteiger partial charge in [0.25, 0.3) is 0 Å². The first kappa shape index (κ1) is 14.8. The Bertz CT molecular complexity index is 648. The van der Waals surface area contributed by atoms with Gasteiger partial charge in [0.15, 0.2) is 0 Å². The van der Waals surface area contributed by atoms with E-state index in [1.54, 1.807) is 16.8 Å². The van der Waals surface area contributed by atoms with Crippen LogP contribution in [0.15, 0.2) is 17.6 Å². The Hall–Kier alpha value is -1.80. The summed E-state index contributed by atoms with van der Waals surface area (Å²) in [7, 11) is 0. The van der Waals surface area contributed by atoms with Crippen molar-refractivity contribution in [3.63, 3.8) is 0 Å². The normalized spacial score (nSPS) is 27.5. The molecule has 122 valence electrons. The predicted molar refractivity (Wildman–Crippen MR) is 88.8 cm³/mol. The van der Waals surface area contributed by atoms with E-state index in [4.69, 9.17) is 4.74 Å². The highest BCUT2D eigenvalue weighted by molar-refractivity contribution is 7.13. The van der Waals surface area contributed by atoms with E-state index in [1.807, 2.05) is 19.1 Å². The van der Waals surface area contributed by atoms with Gasteiger partial charge in [-0.15, -0.1) is 15.3 Å². The van der Waals surface area contributed by atoms with Gasteiger partial charge in [-0.1, -0.05) is 11.3 Å². The first-order valence-electron chi connectivity index (χ1n) is 7.94. The van der Waals surface area contributed by atoms with Crippen LogP contribution in [0.25, 0.3) is 0 Å². The van der Waals surface area contributed by atoms with E-state index in [0.717, 1.165) is 49.0 Å². The zero-order chi connectivity index (χ0) is 15.7. The lowest BCUT2D eigenvalue weighted by Gasteiger charge is -2.39. The van der Waals surface area contributed by atoms with E-state index in [1.165, 1.54) is 0 Å². The van der Waals surface area contributed by atoms with Crippen LogP contribution >= 0.6 is 11.3 Å². The minimum absolute atomic E-state index is 0.0836. The maximum atomic E-state index is 6.22. The van der Waals surface area contributed by atoms with E-state index in [2.05, 4.69) is 30.6 Å². The molecule has 4 heterocycles. The molecule has 7 nitrogen and oxygen atoms in total. The zero-order valence-electron chi connectivity index (χ0n) is 13.1. The third-order valence-corrected chi connectivity index (χ3v) is 5.27. The molecule has 23 heavy (non-hydrogen) atoms. The van der Waals surface area contributed by atoms with Crippen LogP contribution in [0, 0.1) is 6.92 Å². The summed E-state index contributed by atoms with van der Waals surface area (Å²) >= 11 is 1.59. The summed E-state index contributed by atoms with van der Waals surface area (Å²) in [5, 5.41) is 20.9. The van der Waals surface area contributed by atoms with Crippen LogP contribution in [0.5, 0.6) is 0 Å². The van der Waals surface area contributed by atoms with E-state index >= 15 is 0 Å². The summed E-state index contributed by atoms with van der Waals surface area (Å²) in [6.45, 7) is 4.57. The molecule has 2 fully saturated rings. The summed E-state index contributed by atoms with van der Waals surface area (Å²) in [6.07, 6.45) is 3.20. The molecule has 2 atom stereocenters. The SMILES string of the molecule is Cc1ccc(N[C@@H]2CO[C@]3(CCCN(c4nncs4)C3)C2)nn1. The van der Waals surface area contributed by atoms with Crippen molar-refractivity contribution in [3.05, 3.63) is 23.3 Å². The smallest absolute Gasteiger partial charge is 0.208 e. The molecule has 2 saturated heterocycles. The minimum Gasteiger partial charge on any atom is -0.371 e. The lowest BCUT2D eigenvalue weighted by Crippen LogP contribution is -2.48. The molecule has 0 bridgehead atoms. The number of hydrogen-bond acceptors (Lipinski definition) is 8. The maximum absolute atomic E-state index is 6.22. The number of nitrogens with one attached hydrogen (secondary N) is 1. The quantitative estimate of drug-likeness (QED) is 0.919. The molecule has 0 radical (unpaired) electrons. The van der Waals surface area contributed by atoms with Crippen molar-refractivity contribution in [1.82, 2.24) is 20.4 Å². The molecular weight excluding hydrogens is 312 g/mol. The van der Waals surface area contributed by atoms with Crippen LogP contribution < -0.4 is 10.2 Å². The Morgan fingerprint density at radius 2 is 2.30 bits per heavy atom. The van der Waals surface area contributed by atoms with E-state index < -0.39 is 0 Å². The average Bonchev–Trinajstić information content (AvgIpc) is 3.21. The van der Waals surface area contributed by atoms with Gasteiger partial charge >= 0.3 is 0 Å². The minimum atomic E-state index is -0.0836. The standard InChI is InChI=1S/C15H20N6OS/c1-11-3-4-13(19-18-11)17-12-7-15(22-8-12)5-2-6-21(9-15)14-20-16-10-23-14/h3-4,10,12H,2,5-9H2,1H3,(H,17,19)/t12-,15+/m0/s1. The van der Waals surface area contributed by atoms with Crippen LogP contribution in [0.4, 0.5) is 10.9 Å². The number of nitrogens with zero attached hydrogens (tertiary/aromatic N) is 5. The fourth-order valence-corrected chi connectivity index (χ4v) is 4.06. The highest BCUT2D eigenvalue weighted by atomic mass is 32.1. The Morgan fingerprint density at radius 1 is 1.35 bits per heavy atom. The van der Waals surface area contributed by atoms with Gasteiger partial charge in [0, 0.05) is 19.5 Å². The molecule has 2 aromatic rings. The van der Waals surface area contributed by atoms with Gasteiger partial charge in [0.2, 0.25) is 5.13 Å². The molecule has 0 unspecified atom stereocenters. The first-order chi connectivity index (χ1) is 11.2. The molecule has 0 aromatic carbocycles. The maximum Gasteiger partial charge on any atom is 0.208 e. The Labute approximate surface area is 139 Å². The largest absolute Gasteiger partial charge is 0.371 e. The summed E-state index contributed by atoms with van der Waals surface area (Å²) in [6, 6.07) is 4.22. The molecule has 0 saturated carbocycles. The highest BCUT2D eigenvalue weighted by Gasteiger charge is 2.44. The second kappa shape index (κ2) is 6.01. The van der Waals surface area contributed by atoms with Crippen LogP contribution in [-0.2, 0) is 4.74 Å². The molecule has 4 rings (SSSR count). The summed E-state index contributed by atoms with van der Waals surface area (Å²) in [5.74, 6) is 0.818. The van der Waals surface area contributed by atoms with Crippen LogP contribution in [0.2, 0.25) is 0 Å². The predicted octanol–water partition coefficient (Wildman–Crippen LogP) is 1.88. The Balaban J connectivity index is 1.41. The second-order valence-corrected chi connectivity index (χ2v) is 7.16. The third-order valence-electron chi connectivity index (χ3n) is 4.52. The second-order valence-electron chi connectivity index (χ2n) is 6.35. The summed E-state index contributed by atoms with van der Waals surface area (Å²) < 4.78 is 6.22. The zero-order valence-corrected chi connectivity index (χ0v) is 13.9. The van der Waals surface area contributed by atoms with E-state index in [-0.39, 0.29) is 11.6 Å². The molecule has 2 aliphatic rings. The lowest BCUT2D eigenvalue weighted by molar-refractivity contribution is -0.00638. The molecule has 1 N–H and O–H groups in total. The van der Waals surface area contributed by atoms with Gasteiger partial charge in [-0.25, -0.2) is 0 Å². The van der Waals surface area contributed by atoms with Crippen LogP contribution in [0.3, 0.4) is 0 Å². The van der Waals surface area contributed by atoms with Crippen molar-refractivity contribution in [2.24, 2.45) is 0 Å². The first-order valence-corrected chi connectivity index (χ1v) is 8.82. The number of ether oxygens (including phenoxy) is 1. The number of aryl methyl sites for hydroxylation is 1. The van der Waals surface area contributed by atoms with Crippen molar-refractivity contribution in [3.8, 4) is 0 Å². The van der Waals surface area contributed by atoms with Gasteiger partial charge in [-0.3, -0.25) is 0 Å². The molecule has 2 aliphatic heterocycles. The monoisotopic (exact) mass is 332 g/mol. The Morgan fingerprint density at radius 3 is 3.09 bits per heavy atom. The van der Waals surface area contributed by atoms with Crippen LogP contribution in [0.1, 0.15) is 25.0 Å². The summed E-state index contributed by atoms with van der Waals surface area (Å²) in [4.78, 5) is 2.30. The summed E-state index contributed by atoms with van der Waals surface area (Å²) in [5.41, 5.74) is 2.63. The van der Waals surface area contributed by atoms with Gasteiger partial charge in [-0.2, -0.15) is 5.10 Å². The number of piperidine rings is 1. The van der Waals surface area contributed by atoms with Crippen LogP contribution in [-0.4, -0.2) is 51.7 Å². The van der Waals surface area contributed by atoms with Crippen molar-refractivity contribution >= 4 is 22.3 Å². The third kappa shape index (κ3) is 3.13. The van der Waals surface area contributed by atoms with Crippen molar-refractivity contribution in [1.29, 1.82) is 0 Å². The number of hydrogen-bond donors (Lipinski definition) is 1. The number of aromatic nitrogens is 4. The van der Waals surface area contributed by atoms with E-state index in [0.29, 0.717) is 6.61 Å². The van der Waals surface area contributed by atoms with Gasteiger partial charge in [0.05, 0.1) is 23.9 Å². The fourth-order valence-electron chi connectivity index (χ4n) is 3.47.